The lowest BCUT2D eigenvalue weighted by Crippen LogP contribution is -2.23. The first-order valence-corrected chi connectivity index (χ1v) is 3.54. The van der Waals surface area contributed by atoms with Gasteiger partial charge in [0.05, 0.1) is 0 Å². The molecule has 0 bridgehead atoms. The summed E-state index contributed by atoms with van der Waals surface area (Å²) in [4.78, 5) is 0. The van der Waals surface area contributed by atoms with E-state index in [1.54, 1.807) is 0 Å². The van der Waals surface area contributed by atoms with Gasteiger partial charge in [0.1, 0.15) is 6.04 Å². The number of rotatable bonds is 0. The molecule has 1 aliphatic heterocycles. The molecule has 51 valence electrons. The van der Waals surface area contributed by atoms with Gasteiger partial charge in [-0.1, -0.05) is 18.2 Å². The predicted octanol–water partition coefficient (Wildman–Crippen LogP) is 1.24. The van der Waals surface area contributed by atoms with Gasteiger partial charge in [-0.15, -0.1) is 0 Å². The molecule has 1 aliphatic carbocycles. The van der Waals surface area contributed by atoms with Crippen LogP contribution in [0.4, 0.5) is 0 Å². The molecule has 0 saturated heterocycles. The normalized spacial score (nSPS) is 28.8. The molecule has 0 spiro atoms. The van der Waals surface area contributed by atoms with Crippen LogP contribution in [-0.4, -0.2) is 12.3 Å². The maximum Gasteiger partial charge on any atom is 0.111 e. The van der Waals surface area contributed by atoms with E-state index >= 15 is 0 Å². The zero-order valence-electron chi connectivity index (χ0n) is 5.70. The lowest BCUT2D eigenvalue weighted by Gasteiger charge is -2.19. The zero-order chi connectivity index (χ0) is 6.81. The number of allylic oxidation sites excluding steroid dienone is 2. The van der Waals surface area contributed by atoms with Gasteiger partial charge in [-0.05, 0) is 12.0 Å². The average Bonchev–Trinajstić information content (AvgIpc) is 2.05. The van der Waals surface area contributed by atoms with Crippen molar-refractivity contribution in [3.05, 3.63) is 23.8 Å². The van der Waals surface area contributed by atoms with E-state index < -0.39 is 0 Å². The van der Waals surface area contributed by atoms with Gasteiger partial charge in [-0.25, -0.2) is 0 Å². The van der Waals surface area contributed by atoms with Gasteiger partial charge in [-0.3, -0.25) is 0 Å². The second kappa shape index (κ2) is 2.29. The monoisotopic (exact) mass is 133 g/mol. The Morgan fingerprint density at radius 1 is 1.50 bits per heavy atom. The molecule has 1 heterocycles. The molecule has 0 aromatic carbocycles. The van der Waals surface area contributed by atoms with Crippen LogP contribution in [0.25, 0.3) is 0 Å². The first-order chi connectivity index (χ1) is 4.97. The topological polar surface area (TPSA) is 26.5 Å². The van der Waals surface area contributed by atoms with Crippen molar-refractivity contribution in [2.45, 2.75) is 18.9 Å². The van der Waals surface area contributed by atoms with E-state index in [1.807, 2.05) is 6.21 Å². The summed E-state index contributed by atoms with van der Waals surface area (Å²) in [5.41, 5.74) is 5.47. The van der Waals surface area contributed by atoms with E-state index in [9.17, 15) is 0 Å². The number of hydrogen-bond donors (Lipinski definition) is 0. The fourth-order valence-electron chi connectivity index (χ4n) is 1.25. The molecule has 0 aromatic rings. The van der Waals surface area contributed by atoms with Crippen LogP contribution in [0.15, 0.2) is 28.9 Å². The summed E-state index contributed by atoms with van der Waals surface area (Å²) in [7, 11) is 0. The minimum atomic E-state index is 0.263. The summed E-state index contributed by atoms with van der Waals surface area (Å²) in [6.45, 7) is 0. The van der Waals surface area contributed by atoms with Crippen molar-refractivity contribution in [2.24, 2.45) is 5.10 Å². The first kappa shape index (κ1) is 5.71. The highest BCUT2D eigenvalue weighted by Gasteiger charge is 2.15. The molecule has 2 rings (SSSR count). The zero-order valence-corrected chi connectivity index (χ0v) is 5.70. The third kappa shape index (κ3) is 0.856. The van der Waals surface area contributed by atoms with Crippen LogP contribution in [0.5, 0.6) is 0 Å². The molecule has 1 atom stereocenters. The average molecular weight is 133 g/mol. The van der Waals surface area contributed by atoms with Gasteiger partial charge in [0.25, 0.3) is 0 Å². The predicted molar refractivity (Wildman–Crippen MR) is 40.9 cm³/mol. The Balaban J connectivity index is 2.23. The summed E-state index contributed by atoms with van der Waals surface area (Å²) in [6, 6.07) is 0.263. The van der Waals surface area contributed by atoms with Gasteiger partial charge in [-0.2, -0.15) is 10.5 Å². The number of nitrogens with zero attached hydrogens (tertiary/aromatic N) is 2. The molecule has 0 amide bonds. The van der Waals surface area contributed by atoms with Crippen molar-refractivity contribution in [3.8, 4) is 0 Å². The third-order valence-electron chi connectivity index (χ3n) is 1.81. The Kier molecular flexibility index (Phi) is 1.31. The summed E-state index contributed by atoms with van der Waals surface area (Å²) in [6.07, 6.45) is 10.4. The second-order valence-electron chi connectivity index (χ2n) is 2.51. The Bertz CT molecular complexity index is 213. The fraction of sp³-hybridized carbons (Fsp3) is 0.375. The van der Waals surface area contributed by atoms with E-state index in [0.29, 0.717) is 0 Å². The van der Waals surface area contributed by atoms with Crippen molar-refractivity contribution < 1.29 is 0 Å². The van der Waals surface area contributed by atoms with E-state index in [4.69, 9.17) is 0 Å². The number of hydrogen-bond acceptors (Lipinski definition) is 1. The molecule has 2 aliphatic rings. The summed E-state index contributed by atoms with van der Waals surface area (Å²) in [5, 5.41) is 3.87. The second-order valence-corrected chi connectivity index (χ2v) is 2.51. The Morgan fingerprint density at radius 2 is 2.50 bits per heavy atom. The minimum absolute atomic E-state index is 0.263. The van der Waals surface area contributed by atoms with Crippen LogP contribution in [0.1, 0.15) is 12.8 Å². The Labute approximate surface area is 60.3 Å². The largest absolute Gasteiger partial charge is 0.177 e. The van der Waals surface area contributed by atoms with E-state index in [2.05, 4.69) is 28.8 Å². The quantitative estimate of drug-likeness (QED) is 0.444. The molecular weight excluding hydrogens is 124 g/mol. The Hall–Kier alpha value is -1.05. The van der Waals surface area contributed by atoms with Crippen LogP contribution < -0.4 is 5.43 Å². The van der Waals surface area contributed by atoms with Crippen LogP contribution in [0.2, 0.25) is 0 Å². The van der Waals surface area contributed by atoms with Crippen LogP contribution >= 0.6 is 0 Å². The molecule has 0 aromatic heterocycles. The highest BCUT2D eigenvalue weighted by molar-refractivity contribution is 5.63. The summed E-state index contributed by atoms with van der Waals surface area (Å²) < 4.78 is 0. The van der Waals surface area contributed by atoms with Crippen molar-refractivity contribution in [1.29, 1.82) is 0 Å². The third-order valence-corrected chi connectivity index (χ3v) is 1.81. The van der Waals surface area contributed by atoms with Crippen molar-refractivity contribution in [3.63, 3.8) is 0 Å². The van der Waals surface area contributed by atoms with Crippen molar-refractivity contribution in [2.75, 3.05) is 0 Å². The maximum absolute atomic E-state index is 4.07. The fourth-order valence-corrected chi connectivity index (χ4v) is 1.25. The molecule has 1 radical (unpaired) electrons. The highest BCUT2D eigenvalue weighted by atomic mass is 15.3. The molecule has 0 saturated carbocycles. The van der Waals surface area contributed by atoms with E-state index in [0.717, 1.165) is 12.8 Å². The summed E-state index contributed by atoms with van der Waals surface area (Å²) >= 11 is 0. The molecule has 0 fully saturated rings. The molecule has 2 heteroatoms. The van der Waals surface area contributed by atoms with Crippen LogP contribution in [0, 0.1) is 0 Å². The molecular formula is C8H9N2. The van der Waals surface area contributed by atoms with Gasteiger partial charge in [0.2, 0.25) is 0 Å². The molecule has 1 unspecified atom stereocenters. The van der Waals surface area contributed by atoms with Gasteiger partial charge in [0, 0.05) is 12.6 Å². The number of fused-ring (bicyclic) bond motifs is 1. The van der Waals surface area contributed by atoms with Crippen molar-refractivity contribution in [1.82, 2.24) is 5.43 Å². The lowest BCUT2D eigenvalue weighted by molar-refractivity contribution is 0.643. The van der Waals surface area contributed by atoms with Crippen molar-refractivity contribution >= 4 is 6.21 Å². The van der Waals surface area contributed by atoms with Crippen LogP contribution in [-0.2, 0) is 0 Å². The molecule has 10 heavy (non-hydrogen) atoms. The Morgan fingerprint density at radius 3 is 3.40 bits per heavy atom. The highest BCUT2D eigenvalue weighted by Crippen LogP contribution is 2.17. The van der Waals surface area contributed by atoms with E-state index in [-0.39, 0.29) is 6.04 Å². The van der Waals surface area contributed by atoms with Gasteiger partial charge >= 0.3 is 0 Å². The van der Waals surface area contributed by atoms with Gasteiger partial charge < -0.3 is 0 Å². The summed E-state index contributed by atoms with van der Waals surface area (Å²) in [5.74, 6) is 0. The lowest BCUT2D eigenvalue weighted by atomic mass is 9.98. The molecule has 0 N–H and O–H groups in total. The van der Waals surface area contributed by atoms with Gasteiger partial charge in [0.15, 0.2) is 0 Å². The first-order valence-electron chi connectivity index (χ1n) is 3.54. The van der Waals surface area contributed by atoms with E-state index in [1.165, 1.54) is 5.57 Å². The minimum Gasteiger partial charge on any atom is -0.177 e. The smallest absolute Gasteiger partial charge is 0.111 e. The SMILES string of the molecule is C1=CC2[N]N=CCC2=CC1. The maximum atomic E-state index is 4.07. The molecule has 2 nitrogen and oxygen atoms in total. The standard InChI is InChI=1S/C8H9N2/c1-2-4-8-7(3-1)5-6-9-10-8/h2-4,6,8H,1,5H2. The van der Waals surface area contributed by atoms with Crippen LogP contribution in [0.3, 0.4) is 0 Å².